The zero-order valence-corrected chi connectivity index (χ0v) is 12.0. The molecule has 1 aromatic heterocycles. The molecule has 19 heavy (non-hydrogen) atoms. The molecule has 0 atom stereocenters. The summed E-state index contributed by atoms with van der Waals surface area (Å²) in [4.78, 5) is 3.86. The Morgan fingerprint density at radius 3 is 2.68 bits per heavy atom. The number of rotatable bonds is 4. The summed E-state index contributed by atoms with van der Waals surface area (Å²) in [7, 11) is -3.61. The van der Waals surface area contributed by atoms with E-state index in [4.69, 9.17) is 5.73 Å². The van der Waals surface area contributed by atoms with Gasteiger partial charge < -0.3 is 5.73 Å². The predicted molar refractivity (Wildman–Crippen MR) is 75.0 cm³/mol. The molecule has 0 saturated heterocycles. The molecule has 106 valence electrons. The van der Waals surface area contributed by atoms with E-state index >= 15 is 0 Å². The summed E-state index contributed by atoms with van der Waals surface area (Å²) in [5, 5.41) is -0.0746. The lowest BCUT2D eigenvalue weighted by Gasteiger charge is -2.33. The summed E-state index contributed by atoms with van der Waals surface area (Å²) < 4.78 is 27.0. The molecule has 0 bridgehead atoms. The van der Waals surface area contributed by atoms with E-state index in [0.717, 1.165) is 12.8 Å². The second-order valence-electron chi connectivity index (χ2n) is 5.59. The van der Waals surface area contributed by atoms with Crippen LogP contribution in [0.25, 0.3) is 0 Å². The minimum atomic E-state index is -3.61. The first-order chi connectivity index (χ1) is 8.93. The van der Waals surface area contributed by atoms with Crippen LogP contribution >= 0.6 is 0 Å². The molecule has 1 aliphatic carbocycles. The number of pyridine rings is 1. The first kappa shape index (κ1) is 14.3. The maximum Gasteiger partial charge on any atom is 0.260 e. The first-order valence-corrected chi connectivity index (χ1v) is 8.11. The Balaban J connectivity index is 2.08. The number of hydrogen-bond donors (Lipinski definition) is 2. The van der Waals surface area contributed by atoms with Crippen molar-refractivity contribution in [3.05, 3.63) is 18.3 Å². The molecule has 1 aliphatic rings. The molecule has 5 nitrogen and oxygen atoms in total. The van der Waals surface area contributed by atoms with E-state index in [9.17, 15) is 8.42 Å². The fourth-order valence-corrected chi connectivity index (χ4v) is 3.80. The lowest BCUT2D eigenvalue weighted by atomic mass is 9.76. The second kappa shape index (κ2) is 5.46. The fraction of sp³-hybridized carbons (Fsp3) is 0.615. The lowest BCUT2D eigenvalue weighted by Crippen LogP contribution is -2.37. The van der Waals surface area contributed by atoms with E-state index in [1.165, 1.54) is 25.5 Å². The highest BCUT2D eigenvalue weighted by Gasteiger charge is 2.29. The van der Waals surface area contributed by atoms with Gasteiger partial charge in [0.05, 0.1) is 5.69 Å². The predicted octanol–water partition coefficient (Wildman–Crippen LogP) is 1.91. The Labute approximate surface area is 114 Å². The van der Waals surface area contributed by atoms with Gasteiger partial charge in [-0.3, -0.25) is 0 Å². The molecule has 1 fully saturated rings. The van der Waals surface area contributed by atoms with E-state index in [-0.39, 0.29) is 16.1 Å². The zero-order valence-electron chi connectivity index (χ0n) is 11.2. The van der Waals surface area contributed by atoms with Gasteiger partial charge in [-0.05, 0) is 30.4 Å². The third kappa shape index (κ3) is 3.45. The second-order valence-corrected chi connectivity index (χ2v) is 7.28. The SMILES string of the molecule is CC1(CNS(=O)(=O)c2ncccc2N)CCCCC1. The molecule has 3 N–H and O–H groups in total. The lowest BCUT2D eigenvalue weighted by molar-refractivity contribution is 0.219. The number of hydrogen-bond acceptors (Lipinski definition) is 4. The average Bonchev–Trinajstić information content (AvgIpc) is 2.38. The van der Waals surface area contributed by atoms with Crippen LogP contribution in [0.4, 0.5) is 5.69 Å². The van der Waals surface area contributed by atoms with Crippen molar-refractivity contribution in [2.24, 2.45) is 5.41 Å². The third-order valence-electron chi connectivity index (χ3n) is 3.80. The monoisotopic (exact) mass is 283 g/mol. The van der Waals surface area contributed by atoms with Crippen LogP contribution < -0.4 is 10.5 Å². The standard InChI is InChI=1S/C13H21N3O2S/c1-13(7-3-2-4-8-13)10-16-19(17,18)12-11(14)6-5-9-15-12/h5-6,9,16H,2-4,7-8,10,14H2,1H3. The molecule has 0 aromatic carbocycles. The Kier molecular flexibility index (Phi) is 4.10. The van der Waals surface area contributed by atoms with Gasteiger partial charge in [0, 0.05) is 12.7 Å². The summed E-state index contributed by atoms with van der Waals surface area (Å²) >= 11 is 0. The number of nitrogen functional groups attached to an aromatic ring is 1. The minimum absolute atomic E-state index is 0.0505. The zero-order chi connectivity index (χ0) is 13.9. The van der Waals surface area contributed by atoms with Gasteiger partial charge in [0.25, 0.3) is 10.0 Å². The molecule has 0 radical (unpaired) electrons. The van der Waals surface area contributed by atoms with Crippen molar-refractivity contribution >= 4 is 15.7 Å². The quantitative estimate of drug-likeness (QED) is 0.884. The normalized spacial score (nSPS) is 19.2. The van der Waals surface area contributed by atoms with E-state index in [1.54, 1.807) is 12.1 Å². The van der Waals surface area contributed by atoms with E-state index < -0.39 is 10.0 Å². The molecule has 0 unspecified atom stereocenters. The summed E-state index contributed by atoms with van der Waals surface area (Å²) in [6.07, 6.45) is 7.15. The Hall–Kier alpha value is -1.14. The minimum Gasteiger partial charge on any atom is -0.396 e. The molecular formula is C13H21N3O2S. The van der Waals surface area contributed by atoms with Gasteiger partial charge in [-0.25, -0.2) is 18.1 Å². The van der Waals surface area contributed by atoms with Crippen LogP contribution in [0.1, 0.15) is 39.0 Å². The maximum atomic E-state index is 12.2. The van der Waals surface area contributed by atoms with Crippen molar-refractivity contribution in [2.45, 2.75) is 44.1 Å². The van der Waals surface area contributed by atoms with Crippen molar-refractivity contribution in [3.63, 3.8) is 0 Å². The topological polar surface area (TPSA) is 85.1 Å². The number of nitrogens with two attached hydrogens (primary N) is 1. The van der Waals surface area contributed by atoms with Crippen LogP contribution in [0.2, 0.25) is 0 Å². The number of nitrogens with one attached hydrogen (secondary N) is 1. The van der Waals surface area contributed by atoms with Crippen LogP contribution in [0.5, 0.6) is 0 Å². The van der Waals surface area contributed by atoms with Gasteiger partial charge in [0.15, 0.2) is 5.03 Å². The van der Waals surface area contributed by atoms with Crippen molar-refractivity contribution in [2.75, 3.05) is 12.3 Å². The third-order valence-corrected chi connectivity index (χ3v) is 5.18. The molecule has 1 aromatic rings. The Morgan fingerprint density at radius 2 is 2.05 bits per heavy atom. The Morgan fingerprint density at radius 1 is 1.37 bits per heavy atom. The fourth-order valence-electron chi connectivity index (χ4n) is 2.55. The number of sulfonamides is 1. The first-order valence-electron chi connectivity index (χ1n) is 6.63. The molecule has 6 heteroatoms. The molecule has 0 amide bonds. The summed E-state index contributed by atoms with van der Waals surface area (Å²) in [5.41, 5.74) is 5.90. The summed E-state index contributed by atoms with van der Waals surface area (Å²) in [5.74, 6) is 0. The largest absolute Gasteiger partial charge is 0.396 e. The van der Waals surface area contributed by atoms with Gasteiger partial charge in [-0.1, -0.05) is 26.2 Å². The molecule has 1 heterocycles. The van der Waals surface area contributed by atoms with Crippen LogP contribution in [0.15, 0.2) is 23.4 Å². The number of aromatic nitrogens is 1. The molecule has 1 saturated carbocycles. The molecular weight excluding hydrogens is 262 g/mol. The summed E-state index contributed by atoms with van der Waals surface area (Å²) in [6.45, 7) is 2.59. The van der Waals surface area contributed by atoms with Crippen molar-refractivity contribution in [1.82, 2.24) is 9.71 Å². The van der Waals surface area contributed by atoms with Crippen LogP contribution in [-0.2, 0) is 10.0 Å². The molecule has 0 aliphatic heterocycles. The highest BCUT2D eigenvalue weighted by Crippen LogP contribution is 2.35. The molecule has 0 spiro atoms. The smallest absolute Gasteiger partial charge is 0.260 e. The van der Waals surface area contributed by atoms with E-state index in [1.807, 2.05) is 0 Å². The maximum absolute atomic E-state index is 12.2. The Bertz CT molecular complexity index is 537. The number of nitrogens with zero attached hydrogens (tertiary/aromatic N) is 1. The van der Waals surface area contributed by atoms with Crippen molar-refractivity contribution in [1.29, 1.82) is 0 Å². The van der Waals surface area contributed by atoms with Gasteiger partial charge in [-0.2, -0.15) is 0 Å². The van der Waals surface area contributed by atoms with Gasteiger partial charge in [-0.15, -0.1) is 0 Å². The van der Waals surface area contributed by atoms with Gasteiger partial charge in [0.1, 0.15) is 0 Å². The van der Waals surface area contributed by atoms with Crippen molar-refractivity contribution < 1.29 is 8.42 Å². The van der Waals surface area contributed by atoms with Crippen LogP contribution in [0.3, 0.4) is 0 Å². The van der Waals surface area contributed by atoms with Crippen LogP contribution in [-0.4, -0.2) is 19.9 Å². The van der Waals surface area contributed by atoms with E-state index in [2.05, 4.69) is 16.6 Å². The van der Waals surface area contributed by atoms with Gasteiger partial charge in [0.2, 0.25) is 0 Å². The summed E-state index contributed by atoms with van der Waals surface area (Å²) in [6, 6.07) is 3.17. The average molecular weight is 283 g/mol. The van der Waals surface area contributed by atoms with Gasteiger partial charge >= 0.3 is 0 Å². The van der Waals surface area contributed by atoms with Crippen LogP contribution in [0, 0.1) is 5.41 Å². The molecule has 2 rings (SSSR count). The number of anilines is 1. The van der Waals surface area contributed by atoms with E-state index in [0.29, 0.717) is 6.54 Å². The highest BCUT2D eigenvalue weighted by atomic mass is 32.2. The highest BCUT2D eigenvalue weighted by molar-refractivity contribution is 7.89. The van der Waals surface area contributed by atoms with Crippen molar-refractivity contribution in [3.8, 4) is 0 Å².